The first-order chi connectivity index (χ1) is 10.8. The molecule has 0 saturated carbocycles. The molecule has 0 fully saturated rings. The molecule has 0 radical (unpaired) electrons. The molecule has 8 heteroatoms. The lowest BCUT2D eigenvalue weighted by Gasteiger charge is -2.12. The van der Waals surface area contributed by atoms with Gasteiger partial charge < -0.3 is 10.1 Å². The summed E-state index contributed by atoms with van der Waals surface area (Å²) in [7, 11) is -2.40. The van der Waals surface area contributed by atoms with Crippen LogP contribution in [-0.2, 0) is 14.8 Å². The van der Waals surface area contributed by atoms with Crippen LogP contribution in [0, 0.1) is 0 Å². The normalized spacial score (nSPS) is 10.9. The molecule has 0 atom stereocenters. The number of sulfonamides is 1. The van der Waals surface area contributed by atoms with Crippen molar-refractivity contribution in [2.75, 3.05) is 17.1 Å². The topological polar surface area (TPSA) is 84.5 Å². The number of carbonyl (C=O) groups excluding carboxylic acids is 1. The second-order valence-electron chi connectivity index (χ2n) is 4.66. The molecule has 0 spiro atoms. The third kappa shape index (κ3) is 4.37. The van der Waals surface area contributed by atoms with Gasteiger partial charge in [-0.1, -0.05) is 17.7 Å². The third-order valence-corrected chi connectivity index (χ3v) is 4.48. The Morgan fingerprint density at radius 1 is 1.17 bits per heavy atom. The van der Waals surface area contributed by atoms with Gasteiger partial charge in [0.1, 0.15) is 5.75 Å². The van der Waals surface area contributed by atoms with Crippen molar-refractivity contribution < 1.29 is 17.9 Å². The fourth-order valence-corrected chi connectivity index (χ4v) is 3.17. The Labute approximate surface area is 139 Å². The second kappa shape index (κ2) is 6.89. The van der Waals surface area contributed by atoms with Crippen LogP contribution in [0.3, 0.4) is 0 Å². The molecular weight excluding hydrogens is 340 g/mol. The Bertz CT molecular complexity index is 837. The lowest BCUT2D eigenvalue weighted by Crippen LogP contribution is -2.14. The minimum atomic E-state index is -3.83. The summed E-state index contributed by atoms with van der Waals surface area (Å²) in [6.45, 7) is 1.32. The fourth-order valence-electron chi connectivity index (χ4n) is 1.91. The quantitative estimate of drug-likeness (QED) is 0.864. The lowest BCUT2D eigenvalue weighted by molar-refractivity contribution is -0.114. The van der Waals surface area contributed by atoms with Gasteiger partial charge in [-0.25, -0.2) is 8.42 Å². The van der Waals surface area contributed by atoms with Crippen molar-refractivity contribution >= 4 is 38.9 Å². The number of rotatable bonds is 5. The van der Waals surface area contributed by atoms with Gasteiger partial charge in [0.25, 0.3) is 10.0 Å². The SMILES string of the molecule is COc1ccc(S(=O)(=O)Nc2cccc(Cl)c2)cc1NC(C)=O. The van der Waals surface area contributed by atoms with E-state index in [1.54, 1.807) is 18.2 Å². The lowest BCUT2D eigenvalue weighted by atomic mass is 10.3. The van der Waals surface area contributed by atoms with E-state index < -0.39 is 10.0 Å². The molecule has 0 saturated heterocycles. The largest absolute Gasteiger partial charge is 0.495 e. The number of halogens is 1. The van der Waals surface area contributed by atoms with Crippen LogP contribution in [0.2, 0.25) is 5.02 Å². The van der Waals surface area contributed by atoms with Crippen LogP contribution in [0.25, 0.3) is 0 Å². The minimum absolute atomic E-state index is 0.0120. The summed E-state index contributed by atoms with van der Waals surface area (Å²) in [6, 6.07) is 10.5. The van der Waals surface area contributed by atoms with E-state index >= 15 is 0 Å². The molecule has 0 unspecified atom stereocenters. The smallest absolute Gasteiger partial charge is 0.261 e. The predicted octanol–water partition coefficient (Wildman–Crippen LogP) is 3.11. The number of methoxy groups -OCH3 is 1. The van der Waals surface area contributed by atoms with Crippen LogP contribution in [0.15, 0.2) is 47.4 Å². The maximum atomic E-state index is 12.4. The van der Waals surface area contributed by atoms with Crippen LogP contribution in [0.4, 0.5) is 11.4 Å². The molecule has 23 heavy (non-hydrogen) atoms. The summed E-state index contributed by atoms with van der Waals surface area (Å²) in [4.78, 5) is 11.2. The van der Waals surface area contributed by atoms with Gasteiger partial charge >= 0.3 is 0 Å². The van der Waals surface area contributed by atoms with E-state index in [0.717, 1.165) is 0 Å². The molecule has 0 aliphatic heterocycles. The first-order valence-corrected chi connectivity index (χ1v) is 8.42. The first kappa shape index (κ1) is 17.1. The van der Waals surface area contributed by atoms with E-state index in [4.69, 9.17) is 16.3 Å². The van der Waals surface area contributed by atoms with Crippen molar-refractivity contribution in [3.05, 3.63) is 47.5 Å². The van der Waals surface area contributed by atoms with Gasteiger partial charge in [0.15, 0.2) is 0 Å². The molecule has 6 nitrogen and oxygen atoms in total. The van der Waals surface area contributed by atoms with Crippen LogP contribution in [-0.4, -0.2) is 21.4 Å². The first-order valence-electron chi connectivity index (χ1n) is 6.56. The maximum absolute atomic E-state index is 12.4. The molecule has 2 aromatic carbocycles. The van der Waals surface area contributed by atoms with Gasteiger partial charge in [-0.15, -0.1) is 0 Å². The van der Waals surface area contributed by atoms with Gasteiger partial charge in [-0.05, 0) is 36.4 Å². The van der Waals surface area contributed by atoms with Crippen molar-refractivity contribution in [2.45, 2.75) is 11.8 Å². The molecule has 122 valence electrons. The number of hydrogen-bond acceptors (Lipinski definition) is 4. The van der Waals surface area contributed by atoms with Crippen LogP contribution in [0.5, 0.6) is 5.75 Å². The molecule has 2 N–H and O–H groups in total. The molecule has 0 aliphatic rings. The number of hydrogen-bond donors (Lipinski definition) is 2. The van der Waals surface area contributed by atoms with E-state index in [1.165, 1.54) is 38.3 Å². The zero-order valence-electron chi connectivity index (χ0n) is 12.5. The molecule has 1 amide bonds. The van der Waals surface area contributed by atoms with Crippen molar-refractivity contribution in [1.29, 1.82) is 0 Å². The average molecular weight is 355 g/mol. The van der Waals surface area contributed by atoms with Crippen LogP contribution in [0.1, 0.15) is 6.92 Å². The summed E-state index contributed by atoms with van der Waals surface area (Å²) in [6.07, 6.45) is 0. The van der Waals surface area contributed by atoms with Crippen molar-refractivity contribution in [3.63, 3.8) is 0 Å². The zero-order chi connectivity index (χ0) is 17.0. The highest BCUT2D eigenvalue weighted by Gasteiger charge is 2.17. The number of ether oxygens (including phenoxy) is 1. The van der Waals surface area contributed by atoms with Crippen molar-refractivity contribution in [3.8, 4) is 5.75 Å². The monoisotopic (exact) mass is 354 g/mol. The minimum Gasteiger partial charge on any atom is -0.495 e. The number of amides is 1. The summed E-state index contributed by atoms with van der Waals surface area (Å²) in [5.41, 5.74) is 0.614. The van der Waals surface area contributed by atoms with Gasteiger partial charge in [-0.2, -0.15) is 0 Å². The molecule has 0 aliphatic carbocycles. The van der Waals surface area contributed by atoms with E-state index in [2.05, 4.69) is 10.0 Å². The van der Waals surface area contributed by atoms with E-state index in [9.17, 15) is 13.2 Å². The standard InChI is InChI=1S/C15H15ClN2O4S/c1-10(19)17-14-9-13(6-7-15(14)22-2)23(20,21)18-12-5-3-4-11(16)8-12/h3-9,18H,1-2H3,(H,17,19). The van der Waals surface area contributed by atoms with E-state index in [1.807, 2.05) is 0 Å². The summed E-state index contributed by atoms with van der Waals surface area (Å²) in [5.74, 6) is 0.0301. The van der Waals surface area contributed by atoms with Gasteiger partial charge in [0.2, 0.25) is 5.91 Å². The van der Waals surface area contributed by atoms with Gasteiger partial charge in [0.05, 0.1) is 23.4 Å². The fraction of sp³-hybridized carbons (Fsp3) is 0.133. The molecule has 2 rings (SSSR count). The van der Waals surface area contributed by atoms with E-state index in [-0.39, 0.29) is 16.5 Å². The molecule has 0 heterocycles. The molecular formula is C15H15ClN2O4S. The molecule has 0 bridgehead atoms. The highest BCUT2D eigenvalue weighted by Crippen LogP contribution is 2.28. The number of anilines is 2. The Hall–Kier alpha value is -2.25. The average Bonchev–Trinajstić information content (AvgIpc) is 2.46. The number of carbonyl (C=O) groups is 1. The Kier molecular flexibility index (Phi) is 5.12. The highest BCUT2D eigenvalue weighted by atomic mass is 35.5. The summed E-state index contributed by atoms with van der Waals surface area (Å²) in [5, 5.41) is 2.95. The Balaban J connectivity index is 2.37. The maximum Gasteiger partial charge on any atom is 0.261 e. The Morgan fingerprint density at radius 3 is 2.52 bits per heavy atom. The number of benzene rings is 2. The molecule has 0 aromatic heterocycles. The van der Waals surface area contributed by atoms with Gasteiger partial charge in [-0.3, -0.25) is 9.52 Å². The predicted molar refractivity (Wildman–Crippen MR) is 89.6 cm³/mol. The van der Waals surface area contributed by atoms with Crippen molar-refractivity contribution in [1.82, 2.24) is 0 Å². The zero-order valence-corrected chi connectivity index (χ0v) is 14.0. The van der Waals surface area contributed by atoms with Crippen LogP contribution >= 0.6 is 11.6 Å². The molecule has 2 aromatic rings. The third-order valence-electron chi connectivity index (χ3n) is 2.87. The van der Waals surface area contributed by atoms with Crippen molar-refractivity contribution in [2.24, 2.45) is 0 Å². The summed E-state index contributed by atoms with van der Waals surface area (Å²) < 4.78 is 32.4. The van der Waals surface area contributed by atoms with Gasteiger partial charge in [0, 0.05) is 11.9 Å². The Morgan fingerprint density at radius 2 is 1.91 bits per heavy atom. The second-order valence-corrected chi connectivity index (χ2v) is 6.78. The van der Waals surface area contributed by atoms with E-state index in [0.29, 0.717) is 16.5 Å². The number of nitrogens with one attached hydrogen (secondary N) is 2. The summed E-state index contributed by atoms with van der Waals surface area (Å²) >= 11 is 5.84. The highest BCUT2D eigenvalue weighted by molar-refractivity contribution is 7.92. The van der Waals surface area contributed by atoms with Crippen LogP contribution < -0.4 is 14.8 Å².